The lowest BCUT2D eigenvalue weighted by Crippen LogP contribution is -1.95. The SMILES string of the molecule is C=C/C=C\C(=C)Nc1ccc(N)cc1. The summed E-state index contributed by atoms with van der Waals surface area (Å²) in [5, 5.41) is 3.12. The molecule has 0 aliphatic rings. The van der Waals surface area contributed by atoms with Gasteiger partial charge in [-0.05, 0) is 30.3 Å². The molecule has 0 spiro atoms. The fourth-order valence-electron chi connectivity index (χ4n) is 0.978. The third-order valence-corrected chi connectivity index (χ3v) is 1.65. The summed E-state index contributed by atoms with van der Waals surface area (Å²) in [6, 6.07) is 7.49. The van der Waals surface area contributed by atoms with Crippen LogP contribution in [-0.4, -0.2) is 0 Å². The molecule has 72 valence electrons. The van der Waals surface area contributed by atoms with Gasteiger partial charge in [0.05, 0.1) is 0 Å². The van der Waals surface area contributed by atoms with E-state index >= 15 is 0 Å². The first-order valence-electron chi connectivity index (χ1n) is 4.33. The molecule has 0 amide bonds. The van der Waals surface area contributed by atoms with Crippen LogP contribution < -0.4 is 11.1 Å². The van der Waals surface area contributed by atoms with Gasteiger partial charge >= 0.3 is 0 Å². The van der Waals surface area contributed by atoms with Gasteiger partial charge in [-0.1, -0.05) is 25.3 Å². The minimum Gasteiger partial charge on any atom is -0.399 e. The van der Waals surface area contributed by atoms with E-state index in [9.17, 15) is 0 Å². The number of benzene rings is 1. The Morgan fingerprint density at radius 2 is 1.93 bits per heavy atom. The number of nitrogens with one attached hydrogen (secondary N) is 1. The number of allylic oxidation sites excluding steroid dienone is 3. The molecule has 0 saturated heterocycles. The van der Waals surface area contributed by atoms with Gasteiger partial charge < -0.3 is 11.1 Å². The average Bonchev–Trinajstić information content (AvgIpc) is 2.18. The standard InChI is InChI=1S/C12H14N2/c1-3-4-5-10(2)14-12-8-6-11(13)7-9-12/h3-9,14H,1-2,13H2/b5-4-. The monoisotopic (exact) mass is 186 g/mol. The molecule has 0 atom stereocenters. The fraction of sp³-hybridized carbons (Fsp3) is 0. The maximum absolute atomic E-state index is 5.56. The van der Waals surface area contributed by atoms with Gasteiger partial charge in [-0.3, -0.25) is 0 Å². The minimum absolute atomic E-state index is 0.753. The number of hydrogen-bond donors (Lipinski definition) is 2. The molecule has 0 saturated carbocycles. The third kappa shape index (κ3) is 3.19. The molecule has 0 fully saturated rings. The van der Waals surface area contributed by atoms with E-state index in [1.54, 1.807) is 6.08 Å². The van der Waals surface area contributed by atoms with Crippen molar-refractivity contribution in [2.24, 2.45) is 0 Å². The highest BCUT2D eigenvalue weighted by Crippen LogP contribution is 2.12. The maximum Gasteiger partial charge on any atom is 0.0385 e. The third-order valence-electron chi connectivity index (χ3n) is 1.65. The lowest BCUT2D eigenvalue weighted by Gasteiger charge is -2.05. The van der Waals surface area contributed by atoms with Crippen molar-refractivity contribution in [3.05, 3.63) is 61.3 Å². The van der Waals surface area contributed by atoms with Crippen molar-refractivity contribution < 1.29 is 0 Å². The van der Waals surface area contributed by atoms with E-state index in [1.165, 1.54) is 0 Å². The topological polar surface area (TPSA) is 38.0 Å². The van der Waals surface area contributed by atoms with E-state index < -0.39 is 0 Å². The number of nitrogens with two attached hydrogens (primary N) is 1. The van der Waals surface area contributed by atoms with Crippen LogP contribution in [0.15, 0.2) is 61.3 Å². The van der Waals surface area contributed by atoms with Crippen LogP contribution in [0.2, 0.25) is 0 Å². The van der Waals surface area contributed by atoms with Crippen molar-refractivity contribution >= 4 is 11.4 Å². The van der Waals surface area contributed by atoms with Crippen molar-refractivity contribution in [1.29, 1.82) is 0 Å². The molecule has 2 nitrogen and oxygen atoms in total. The molecule has 0 unspecified atom stereocenters. The fourth-order valence-corrected chi connectivity index (χ4v) is 0.978. The van der Waals surface area contributed by atoms with E-state index in [1.807, 2.05) is 36.4 Å². The van der Waals surface area contributed by atoms with Crippen LogP contribution in [0.5, 0.6) is 0 Å². The Kier molecular flexibility index (Phi) is 3.56. The van der Waals surface area contributed by atoms with Crippen molar-refractivity contribution in [2.75, 3.05) is 11.1 Å². The molecule has 0 aliphatic heterocycles. The zero-order chi connectivity index (χ0) is 10.4. The van der Waals surface area contributed by atoms with Crippen LogP contribution in [0.25, 0.3) is 0 Å². The van der Waals surface area contributed by atoms with Crippen molar-refractivity contribution in [2.45, 2.75) is 0 Å². The molecular weight excluding hydrogens is 172 g/mol. The van der Waals surface area contributed by atoms with E-state index in [-0.39, 0.29) is 0 Å². The molecule has 14 heavy (non-hydrogen) atoms. The molecule has 0 radical (unpaired) electrons. The summed E-state index contributed by atoms with van der Waals surface area (Å²) < 4.78 is 0. The van der Waals surface area contributed by atoms with Gasteiger partial charge in [0.2, 0.25) is 0 Å². The van der Waals surface area contributed by atoms with Crippen LogP contribution in [-0.2, 0) is 0 Å². The van der Waals surface area contributed by atoms with E-state index in [0.29, 0.717) is 0 Å². The highest BCUT2D eigenvalue weighted by Gasteiger charge is 1.91. The largest absolute Gasteiger partial charge is 0.399 e. The van der Waals surface area contributed by atoms with E-state index in [2.05, 4.69) is 18.5 Å². The molecule has 0 aliphatic carbocycles. The van der Waals surface area contributed by atoms with Gasteiger partial charge in [0.15, 0.2) is 0 Å². The highest BCUT2D eigenvalue weighted by molar-refractivity contribution is 5.55. The van der Waals surface area contributed by atoms with Gasteiger partial charge in [0.1, 0.15) is 0 Å². The lowest BCUT2D eigenvalue weighted by atomic mass is 10.2. The van der Waals surface area contributed by atoms with E-state index in [0.717, 1.165) is 17.1 Å². The zero-order valence-corrected chi connectivity index (χ0v) is 8.03. The maximum atomic E-state index is 5.56. The van der Waals surface area contributed by atoms with Gasteiger partial charge in [-0.25, -0.2) is 0 Å². The van der Waals surface area contributed by atoms with Crippen LogP contribution >= 0.6 is 0 Å². The molecule has 0 aromatic heterocycles. The summed E-state index contributed by atoms with van der Waals surface area (Å²) >= 11 is 0. The Hall–Kier alpha value is -1.96. The van der Waals surface area contributed by atoms with Gasteiger partial charge in [-0.15, -0.1) is 0 Å². The van der Waals surface area contributed by atoms with Crippen molar-refractivity contribution in [3.8, 4) is 0 Å². The van der Waals surface area contributed by atoms with E-state index in [4.69, 9.17) is 5.73 Å². The predicted octanol–water partition coefficient (Wildman–Crippen LogP) is 2.94. The average molecular weight is 186 g/mol. The number of rotatable bonds is 4. The smallest absolute Gasteiger partial charge is 0.0385 e. The van der Waals surface area contributed by atoms with Crippen molar-refractivity contribution in [3.63, 3.8) is 0 Å². The Bertz CT molecular complexity index is 347. The van der Waals surface area contributed by atoms with Gasteiger partial charge in [0, 0.05) is 17.1 Å². The molecule has 0 bridgehead atoms. The van der Waals surface area contributed by atoms with Crippen LogP contribution in [0.1, 0.15) is 0 Å². The first-order chi connectivity index (χ1) is 6.72. The summed E-state index contributed by atoms with van der Waals surface area (Å²) in [7, 11) is 0. The number of hydrogen-bond acceptors (Lipinski definition) is 2. The van der Waals surface area contributed by atoms with Crippen LogP contribution in [0, 0.1) is 0 Å². The highest BCUT2D eigenvalue weighted by atomic mass is 14.9. The van der Waals surface area contributed by atoms with Gasteiger partial charge in [-0.2, -0.15) is 0 Å². The Labute approximate surface area is 84.4 Å². The normalized spacial score (nSPS) is 10.0. The Morgan fingerprint density at radius 1 is 1.29 bits per heavy atom. The van der Waals surface area contributed by atoms with Crippen LogP contribution in [0.3, 0.4) is 0 Å². The Morgan fingerprint density at radius 3 is 2.50 bits per heavy atom. The molecule has 1 aromatic carbocycles. The molecule has 3 N–H and O–H groups in total. The molecule has 0 heterocycles. The summed E-state index contributed by atoms with van der Waals surface area (Å²) in [6.45, 7) is 7.41. The summed E-state index contributed by atoms with van der Waals surface area (Å²) in [6.07, 6.45) is 5.38. The predicted molar refractivity (Wildman–Crippen MR) is 63.0 cm³/mol. The summed E-state index contributed by atoms with van der Waals surface area (Å²) in [4.78, 5) is 0. The quantitative estimate of drug-likeness (QED) is 0.560. The zero-order valence-electron chi connectivity index (χ0n) is 8.03. The second kappa shape index (κ2) is 4.92. The number of anilines is 2. The number of nitrogen functional groups attached to an aromatic ring is 1. The molecule has 2 heteroatoms. The second-order valence-electron chi connectivity index (χ2n) is 2.87. The second-order valence-corrected chi connectivity index (χ2v) is 2.87. The first kappa shape index (κ1) is 10.1. The summed E-state index contributed by atoms with van der Waals surface area (Å²) in [5.74, 6) is 0. The molecule has 1 rings (SSSR count). The molecule has 1 aromatic rings. The van der Waals surface area contributed by atoms with Gasteiger partial charge in [0.25, 0.3) is 0 Å². The first-order valence-corrected chi connectivity index (χ1v) is 4.33. The Balaban J connectivity index is 2.60. The lowest BCUT2D eigenvalue weighted by molar-refractivity contribution is 1.49. The molecular formula is C12H14N2. The minimum atomic E-state index is 0.753. The van der Waals surface area contributed by atoms with Crippen molar-refractivity contribution in [1.82, 2.24) is 0 Å². The summed E-state index contributed by atoms with van der Waals surface area (Å²) in [5.41, 5.74) is 8.10. The van der Waals surface area contributed by atoms with Crippen LogP contribution in [0.4, 0.5) is 11.4 Å².